The van der Waals surface area contributed by atoms with Gasteiger partial charge in [0.25, 0.3) is 11.8 Å². The predicted octanol–water partition coefficient (Wildman–Crippen LogP) is 5.60. The maximum absolute atomic E-state index is 12.3. The van der Waals surface area contributed by atoms with Gasteiger partial charge in [0, 0.05) is 27.9 Å². The van der Waals surface area contributed by atoms with Crippen LogP contribution in [0.2, 0.25) is 5.02 Å². The van der Waals surface area contributed by atoms with Crippen molar-refractivity contribution >= 4 is 29.3 Å². The van der Waals surface area contributed by atoms with E-state index in [0.717, 1.165) is 4.90 Å². The summed E-state index contributed by atoms with van der Waals surface area (Å²) in [6.45, 7) is 0.328. The summed E-state index contributed by atoms with van der Waals surface area (Å²) >= 11 is 7.36. The van der Waals surface area contributed by atoms with E-state index in [0.29, 0.717) is 39.5 Å². The van der Waals surface area contributed by atoms with Gasteiger partial charge in [0.2, 0.25) is 0 Å². The molecule has 0 atom stereocenters. The number of rotatable bonds is 7. The van der Waals surface area contributed by atoms with Crippen LogP contribution in [0.3, 0.4) is 0 Å². The third kappa shape index (κ3) is 5.20. The molecular formula is C22H16ClN3O3S. The molecule has 0 saturated heterocycles. The van der Waals surface area contributed by atoms with E-state index in [1.165, 1.54) is 11.8 Å². The predicted molar refractivity (Wildman–Crippen MR) is 114 cm³/mol. The molecule has 4 rings (SSSR count). The van der Waals surface area contributed by atoms with Crippen LogP contribution in [0, 0.1) is 0 Å². The Hall–Kier alpha value is -3.29. The van der Waals surface area contributed by atoms with E-state index < -0.39 is 0 Å². The van der Waals surface area contributed by atoms with E-state index in [4.69, 9.17) is 20.8 Å². The number of nitrogens with one attached hydrogen (secondary N) is 1. The number of hydrogen-bond acceptors (Lipinski definition) is 6. The van der Waals surface area contributed by atoms with Crippen molar-refractivity contribution in [2.75, 3.05) is 0 Å². The Morgan fingerprint density at radius 1 is 1.03 bits per heavy atom. The summed E-state index contributed by atoms with van der Waals surface area (Å²) in [5.74, 6) is 1.43. The van der Waals surface area contributed by atoms with Crippen molar-refractivity contribution in [3.05, 3.63) is 95.7 Å². The first-order chi connectivity index (χ1) is 14.7. The maximum atomic E-state index is 12.3. The van der Waals surface area contributed by atoms with E-state index in [2.05, 4.69) is 15.3 Å². The van der Waals surface area contributed by atoms with Crippen LogP contribution in [0.5, 0.6) is 11.6 Å². The summed E-state index contributed by atoms with van der Waals surface area (Å²) in [6.07, 6.45) is 4.74. The molecule has 0 aliphatic rings. The minimum atomic E-state index is -0.198. The molecule has 0 spiro atoms. The average molecular weight is 438 g/mol. The summed E-state index contributed by atoms with van der Waals surface area (Å²) in [5, 5.41) is 4.10. The van der Waals surface area contributed by atoms with E-state index in [9.17, 15) is 4.79 Å². The third-order valence-corrected chi connectivity index (χ3v) is 5.23. The fourth-order valence-electron chi connectivity index (χ4n) is 2.54. The molecule has 0 fully saturated rings. The molecule has 0 aliphatic carbocycles. The van der Waals surface area contributed by atoms with Gasteiger partial charge in [-0.3, -0.25) is 4.79 Å². The number of amides is 1. The molecule has 30 heavy (non-hydrogen) atoms. The molecule has 0 radical (unpaired) electrons. The molecule has 1 amide bonds. The normalized spacial score (nSPS) is 10.6. The molecule has 1 N–H and O–H groups in total. The third-order valence-electron chi connectivity index (χ3n) is 4.00. The van der Waals surface area contributed by atoms with Crippen molar-refractivity contribution in [2.45, 2.75) is 16.5 Å². The van der Waals surface area contributed by atoms with Crippen LogP contribution < -0.4 is 10.1 Å². The Morgan fingerprint density at radius 2 is 1.80 bits per heavy atom. The Labute approximate surface area is 182 Å². The number of hydrogen-bond donors (Lipinski definition) is 1. The van der Waals surface area contributed by atoms with Crippen molar-refractivity contribution in [3.8, 4) is 11.6 Å². The molecule has 8 heteroatoms. The Balaban J connectivity index is 1.42. The zero-order valence-electron chi connectivity index (χ0n) is 15.6. The van der Waals surface area contributed by atoms with Gasteiger partial charge in [-0.05, 0) is 60.7 Å². The molecule has 2 heterocycles. The fourth-order valence-corrected chi connectivity index (χ4v) is 3.45. The van der Waals surface area contributed by atoms with Gasteiger partial charge in [0.1, 0.15) is 11.5 Å². The molecule has 0 aliphatic heterocycles. The highest BCUT2D eigenvalue weighted by molar-refractivity contribution is 7.99. The van der Waals surface area contributed by atoms with E-state index in [-0.39, 0.29) is 5.91 Å². The Kier molecular flexibility index (Phi) is 6.32. The molecule has 2 aromatic heterocycles. The van der Waals surface area contributed by atoms with Gasteiger partial charge in [-0.25, -0.2) is 9.97 Å². The van der Waals surface area contributed by atoms with E-state index in [1.807, 2.05) is 24.3 Å². The van der Waals surface area contributed by atoms with Gasteiger partial charge in [-0.15, -0.1) is 0 Å². The largest absolute Gasteiger partial charge is 0.467 e. The SMILES string of the molecule is O=C(NCc1ccco1)c1ccc(Oc2nccnc2Sc2ccc(Cl)cc2)cc1. The fraction of sp³-hybridized carbons (Fsp3) is 0.0455. The Bertz CT molecular complexity index is 1120. The van der Waals surface area contributed by atoms with Gasteiger partial charge in [-0.2, -0.15) is 0 Å². The monoisotopic (exact) mass is 437 g/mol. The average Bonchev–Trinajstić information content (AvgIpc) is 3.29. The molecule has 6 nitrogen and oxygen atoms in total. The van der Waals surface area contributed by atoms with Gasteiger partial charge in [0.05, 0.1) is 12.8 Å². The minimum absolute atomic E-state index is 0.198. The van der Waals surface area contributed by atoms with Gasteiger partial charge < -0.3 is 14.5 Å². The lowest BCUT2D eigenvalue weighted by Crippen LogP contribution is -2.22. The summed E-state index contributed by atoms with van der Waals surface area (Å²) in [7, 11) is 0. The highest BCUT2D eigenvalue weighted by Gasteiger charge is 2.11. The number of halogens is 1. The van der Waals surface area contributed by atoms with E-state index in [1.54, 1.807) is 55.1 Å². The zero-order chi connectivity index (χ0) is 20.8. The number of ether oxygens (including phenoxy) is 1. The molecule has 150 valence electrons. The smallest absolute Gasteiger partial charge is 0.252 e. The van der Waals surface area contributed by atoms with Crippen LogP contribution >= 0.6 is 23.4 Å². The van der Waals surface area contributed by atoms with Crippen LogP contribution in [0.25, 0.3) is 0 Å². The molecule has 0 saturated carbocycles. The lowest BCUT2D eigenvalue weighted by Gasteiger charge is -2.09. The highest BCUT2D eigenvalue weighted by atomic mass is 35.5. The standard InChI is InChI=1S/C22H16ClN3O3S/c23-16-5-9-19(10-6-16)30-22-21(24-11-12-25-22)29-17-7-3-15(4-8-17)20(27)26-14-18-2-1-13-28-18/h1-13H,14H2,(H,26,27). The number of furan rings is 1. The first-order valence-corrected chi connectivity index (χ1v) is 10.2. The second-order valence-corrected chi connectivity index (χ2v) is 7.61. The molecule has 0 unspecified atom stereocenters. The number of carbonyl (C=O) groups excluding carboxylic acids is 1. The van der Waals surface area contributed by atoms with Crippen LogP contribution in [0.4, 0.5) is 0 Å². The second-order valence-electron chi connectivity index (χ2n) is 6.11. The van der Waals surface area contributed by atoms with Crippen molar-refractivity contribution in [2.24, 2.45) is 0 Å². The number of benzene rings is 2. The first kappa shape index (κ1) is 20.0. The number of nitrogens with zero attached hydrogens (tertiary/aromatic N) is 2. The minimum Gasteiger partial charge on any atom is -0.467 e. The summed E-state index contributed by atoms with van der Waals surface area (Å²) in [5.41, 5.74) is 0.517. The van der Waals surface area contributed by atoms with Crippen molar-refractivity contribution < 1.29 is 13.9 Å². The van der Waals surface area contributed by atoms with Crippen molar-refractivity contribution in [3.63, 3.8) is 0 Å². The van der Waals surface area contributed by atoms with E-state index >= 15 is 0 Å². The van der Waals surface area contributed by atoms with Gasteiger partial charge >= 0.3 is 0 Å². The maximum Gasteiger partial charge on any atom is 0.252 e. The van der Waals surface area contributed by atoms with Gasteiger partial charge in [-0.1, -0.05) is 23.4 Å². The van der Waals surface area contributed by atoms with Crippen LogP contribution in [0.15, 0.2) is 93.7 Å². The molecule has 0 bridgehead atoms. The lowest BCUT2D eigenvalue weighted by atomic mass is 10.2. The topological polar surface area (TPSA) is 77.2 Å². The lowest BCUT2D eigenvalue weighted by molar-refractivity contribution is 0.0948. The van der Waals surface area contributed by atoms with Gasteiger partial charge in [0.15, 0.2) is 5.03 Å². The quantitative estimate of drug-likeness (QED) is 0.405. The summed E-state index contributed by atoms with van der Waals surface area (Å²) < 4.78 is 11.1. The number of aromatic nitrogens is 2. The summed E-state index contributed by atoms with van der Waals surface area (Å²) in [6, 6.07) is 17.8. The van der Waals surface area contributed by atoms with Crippen LogP contribution in [-0.4, -0.2) is 15.9 Å². The van der Waals surface area contributed by atoms with Crippen molar-refractivity contribution in [1.82, 2.24) is 15.3 Å². The highest BCUT2D eigenvalue weighted by Crippen LogP contribution is 2.34. The second kappa shape index (κ2) is 9.47. The molecular weight excluding hydrogens is 422 g/mol. The van der Waals surface area contributed by atoms with Crippen LogP contribution in [-0.2, 0) is 6.54 Å². The molecule has 4 aromatic rings. The van der Waals surface area contributed by atoms with Crippen LogP contribution in [0.1, 0.15) is 16.1 Å². The number of carbonyl (C=O) groups is 1. The zero-order valence-corrected chi connectivity index (χ0v) is 17.2. The molecule has 2 aromatic carbocycles. The Morgan fingerprint density at radius 3 is 2.53 bits per heavy atom. The summed E-state index contributed by atoms with van der Waals surface area (Å²) in [4.78, 5) is 21.9. The van der Waals surface area contributed by atoms with Crippen molar-refractivity contribution in [1.29, 1.82) is 0 Å². The first-order valence-electron chi connectivity index (χ1n) is 9.00.